The lowest BCUT2D eigenvalue weighted by atomic mass is 10.2. The van der Waals surface area contributed by atoms with Gasteiger partial charge in [0.25, 0.3) is 10.0 Å². The summed E-state index contributed by atoms with van der Waals surface area (Å²) in [6, 6.07) is 8.21. The van der Waals surface area contributed by atoms with Gasteiger partial charge in [-0.25, -0.2) is 17.7 Å². The molecule has 2 aromatic heterocycles. The van der Waals surface area contributed by atoms with Gasteiger partial charge in [-0.2, -0.15) is 17.6 Å². The van der Waals surface area contributed by atoms with Gasteiger partial charge in [-0.3, -0.25) is 4.98 Å². The van der Waals surface area contributed by atoms with Gasteiger partial charge in [0.05, 0.1) is 23.8 Å². The van der Waals surface area contributed by atoms with Crippen LogP contribution in [0.1, 0.15) is 5.56 Å². The number of aromatic nitrogens is 2. The molecule has 0 fully saturated rings. The average molecular weight is 483 g/mol. The number of methoxy groups -OCH3 is 1. The second-order valence-electron chi connectivity index (χ2n) is 6.49. The van der Waals surface area contributed by atoms with Gasteiger partial charge in [-0.05, 0) is 41.8 Å². The Bertz CT molecular complexity index is 1400. The largest absolute Gasteiger partial charge is 0.495 e. The van der Waals surface area contributed by atoms with Crippen LogP contribution in [0.3, 0.4) is 0 Å². The quantitative estimate of drug-likeness (QED) is 0.356. The minimum absolute atomic E-state index is 0.172. The highest BCUT2D eigenvalue weighted by Crippen LogP contribution is 2.43. The lowest BCUT2D eigenvalue weighted by Crippen LogP contribution is -2.27. The first kappa shape index (κ1) is 22.0. The van der Waals surface area contributed by atoms with Crippen molar-refractivity contribution in [1.29, 1.82) is 0 Å². The van der Waals surface area contributed by atoms with Gasteiger partial charge >= 0.3 is 6.18 Å². The number of hydrogen-bond acceptors (Lipinski definition) is 6. The maximum Gasteiger partial charge on any atom is 0.416 e. The lowest BCUT2D eigenvalue weighted by Gasteiger charge is -2.24. The Hall–Kier alpha value is -3.25. The molecular formula is C20H13F4N3O3S2. The number of halogens is 4. The van der Waals surface area contributed by atoms with Gasteiger partial charge in [0.2, 0.25) is 5.13 Å². The summed E-state index contributed by atoms with van der Waals surface area (Å²) in [5.74, 6) is -0.371. The molecule has 0 aliphatic rings. The second-order valence-corrected chi connectivity index (χ2v) is 9.23. The van der Waals surface area contributed by atoms with Crippen molar-refractivity contribution in [2.24, 2.45) is 0 Å². The molecule has 0 unspecified atom stereocenters. The standard InChI is InChI=1S/C20H13F4N3O3S2/c1-30-17-9-14(20(22,23)24)3-5-16(17)27(19-26-11-18(21)31-19)32(28,29)15-4-2-13-10-25-7-6-12(13)8-15/h2-11H,1H3. The smallest absolute Gasteiger partial charge is 0.416 e. The molecule has 0 bridgehead atoms. The van der Waals surface area contributed by atoms with E-state index in [-0.39, 0.29) is 21.5 Å². The third-order valence-corrected chi connectivity index (χ3v) is 7.10. The Morgan fingerprint density at radius 3 is 2.47 bits per heavy atom. The number of fused-ring (bicyclic) bond motifs is 1. The van der Waals surface area contributed by atoms with Gasteiger partial charge in [0, 0.05) is 17.8 Å². The fraction of sp³-hybridized carbons (Fsp3) is 0.100. The Morgan fingerprint density at radius 2 is 1.81 bits per heavy atom. The summed E-state index contributed by atoms with van der Waals surface area (Å²) < 4.78 is 86.2. The van der Waals surface area contributed by atoms with Gasteiger partial charge in [-0.15, -0.1) is 0 Å². The van der Waals surface area contributed by atoms with Crippen LogP contribution in [0.25, 0.3) is 10.8 Å². The number of anilines is 2. The molecule has 0 saturated heterocycles. The zero-order valence-corrected chi connectivity index (χ0v) is 17.8. The van der Waals surface area contributed by atoms with Crippen LogP contribution in [0, 0.1) is 5.13 Å². The van der Waals surface area contributed by atoms with Crippen molar-refractivity contribution < 1.29 is 30.7 Å². The lowest BCUT2D eigenvalue weighted by molar-refractivity contribution is -0.137. The molecule has 0 spiro atoms. The molecule has 0 aliphatic heterocycles. The van der Waals surface area contributed by atoms with E-state index in [0.29, 0.717) is 32.5 Å². The predicted molar refractivity (Wildman–Crippen MR) is 111 cm³/mol. The minimum atomic E-state index is -4.67. The van der Waals surface area contributed by atoms with Gasteiger partial charge < -0.3 is 4.74 Å². The monoisotopic (exact) mass is 483 g/mol. The average Bonchev–Trinajstić information content (AvgIpc) is 3.18. The van der Waals surface area contributed by atoms with Crippen LogP contribution in [0.2, 0.25) is 0 Å². The highest BCUT2D eigenvalue weighted by atomic mass is 32.2. The molecule has 0 amide bonds. The fourth-order valence-corrected chi connectivity index (χ4v) is 5.39. The van der Waals surface area contributed by atoms with Crippen molar-refractivity contribution in [2.45, 2.75) is 11.1 Å². The molecule has 0 radical (unpaired) electrons. The van der Waals surface area contributed by atoms with E-state index in [1.54, 1.807) is 18.3 Å². The van der Waals surface area contributed by atoms with Crippen molar-refractivity contribution in [3.8, 4) is 5.75 Å². The summed E-state index contributed by atoms with van der Waals surface area (Å²) in [7, 11) is -3.33. The van der Waals surface area contributed by atoms with Gasteiger partial charge in [0.1, 0.15) is 11.4 Å². The minimum Gasteiger partial charge on any atom is -0.495 e. The van der Waals surface area contributed by atoms with E-state index in [4.69, 9.17) is 4.74 Å². The maximum absolute atomic E-state index is 13.8. The molecule has 0 N–H and O–H groups in total. The number of rotatable bonds is 5. The van der Waals surface area contributed by atoms with E-state index in [1.807, 2.05) is 0 Å². The molecular weight excluding hydrogens is 470 g/mol. The van der Waals surface area contributed by atoms with E-state index >= 15 is 0 Å². The topological polar surface area (TPSA) is 72.4 Å². The van der Waals surface area contributed by atoms with Crippen LogP contribution < -0.4 is 9.04 Å². The van der Waals surface area contributed by atoms with E-state index in [1.165, 1.54) is 18.3 Å². The summed E-state index contributed by atoms with van der Waals surface area (Å²) in [6.45, 7) is 0. The molecule has 166 valence electrons. The molecule has 6 nitrogen and oxygen atoms in total. The zero-order chi connectivity index (χ0) is 23.1. The van der Waals surface area contributed by atoms with E-state index < -0.39 is 26.9 Å². The van der Waals surface area contributed by atoms with Crippen molar-refractivity contribution in [3.05, 3.63) is 71.7 Å². The molecule has 2 heterocycles. The third kappa shape index (κ3) is 3.98. The third-order valence-electron chi connectivity index (χ3n) is 4.52. The van der Waals surface area contributed by atoms with Crippen LogP contribution in [-0.2, 0) is 16.2 Å². The first-order chi connectivity index (χ1) is 15.1. The maximum atomic E-state index is 13.8. The summed E-state index contributed by atoms with van der Waals surface area (Å²) in [4.78, 5) is 7.59. The number of nitrogens with zero attached hydrogens (tertiary/aromatic N) is 3. The van der Waals surface area contributed by atoms with E-state index in [0.717, 1.165) is 25.4 Å². The van der Waals surface area contributed by atoms with Crippen LogP contribution in [-0.4, -0.2) is 25.5 Å². The molecule has 0 saturated carbocycles. The number of ether oxygens (including phenoxy) is 1. The SMILES string of the molecule is COc1cc(C(F)(F)F)ccc1N(c1ncc(F)s1)S(=O)(=O)c1ccc2cnccc2c1. The normalized spacial score (nSPS) is 12.2. The van der Waals surface area contributed by atoms with Crippen LogP contribution in [0.15, 0.2) is 66.0 Å². The van der Waals surface area contributed by atoms with Gasteiger partial charge in [0.15, 0.2) is 5.13 Å². The number of sulfonamides is 1. The number of alkyl halides is 3. The first-order valence-corrected chi connectivity index (χ1v) is 11.1. The molecule has 12 heteroatoms. The number of pyridine rings is 1. The Morgan fingerprint density at radius 1 is 1.03 bits per heavy atom. The second kappa shape index (κ2) is 8.02. The number of thiazole rings is 1. The zero-order valence-electron chi connectivity index (χ0n) is 16.2. The summed E-state index contributed by atoms with van der Waals surface area (Å²) in [6.07, 6.45) is -0.801. The Balaban J connectivity index is 1.93. The molecule has 32 heavy (non-hydrogen) atoms. The number of benzene rings is 2. The summed E-state index contributed by atoms with van der Waals surface area (Å²) in [5, 5.41) is 0.196. The van der Waals surface area contributed by atoms with Gasteiger partial charge in [-0.1, -0.05) is 17.4 Å². The first-order valence-electron chi connectivity index (χ1n) is 8.87. The molecule has 0 aliphatic carbocycles. The van der Waals surface area contributed by atoms with E-state index in [2.05, 4.69) is 9.97 Å². The van der Waals surface area contributed by atoms with Crippen molar-refractivity contribution in [3.63, 3.8) is 0 Å². The molecule has 4 aromatic rings. The highest BCUT2D eigenvalue weighted by Gasteiger charge is 2.35. The molecule has 4 rings (SSSR count). The van der Waals surface area contributed by atoms with Crippen molar-refractivity contribution >= 4 is 43.0 Å². The summed E-state index contributed by atoms with van der Waals surface area (Å²) in [5.41, 5.74) is -1.27. The van der Waals surface area contributed by atoms with Crippen molar-refractivity contribution in [1.82, 2.24) is 9.97 Å². The molecule has 0 atom stereocenters. The highest BCUT2D eigenvalue weighted by molar-refractivity contribution is 7.93. The van der Waals surface area contributed by atoms with Crippen LogP contribution >= 0.6 is 11.3 Å². The van der Waals surface area contributed by atoms with Crippen LogP contribution in [0.4, 0.5) is 28.4 Å². The Labute approximate surface area is 183 Å². The van der Waals surface area contributed by atoms with Crippen LogP contribution in [0.5, 0.6) is 5.75 Å². The van der Waals surface area contributed by atoms with E-state index in [9.17, 15) is 26.0 Å². The predicted octanol–water partition coefficient (Wildman–Crippen LogP) is 5.38. The van der Waals surface area contributed by atoms with Crippen molar-refractivity contribution in [2.75, 3.05) is 11.4 Å². The Kier molecular flexibility index (Phi) is 5.51. The summed E-state index contributed by atoms with van der Waals surface area (Å²) >= 11 is 0.426. The fourth-order valence-electron chi connectivity index (χ4n) is 3.02. The number of hydrogen-bond donors (Lipinski definition) is 0. The molecule has 2 aromatic carbocycles.